The van der Waals surface area contributed by atoms with Crippen molar-refractivity contribution in [2.75, 3.05) is 6.54 Å². The molecule has 0 amide bonds. The quantitative estimate of drug-likeness (QED) is 0.685. The maximum atomic E-state index is 11.9. The number of hydrogen-bond acceptors (Lipinski definition) is 1. The van der Waals surface area contributed by atoms with Crippen LogP contribution in [0.3, 0.4) is 0 Å². The van der Waals surface area contributed by atoms with Crippen molar-refractivity contribution in [2.45, 2.75) is 20.0 Å². The van der Waals surface area contributed by atoms with Crippen LogP contribution in [0, 0.1) is 5.92 Å². The number of hydrogen-bond donors (Lipinski definition) is 1. The second-order valence-electron chi connectivity index (χ2n) is 2.95. The molecule has 0 aromatic heterocycles. The van der Waals surface area contributed by atoms with Crippen molar-refractivity contribution in [2.24, 2.45) is 11.7 Å². The largest absolute Gasteiger partial charge is 0.412 e. The molecule has 0 aliphatic heterocycles. The Morgan fingerprint density at radius 2 is 2.00 bits per heavy atom. The first kappa shape index (κ1) is 12.2. The highest BCUT2D eigenvalue weighted by Crippen LogP contribution is 2.24. The minimum Gasteiger partial charge on any atom is -0.330 e. The average Bonchev–Trinajstić information content (AvgIpc) is 2.02. The molecule has 1 atom stereocenters. The SMILES string of the molecule is C/C(=C\C=C/C(C)CN)C(F)(F)F. The molecule has 0 rings (SSSR count). The topological polar surface area (TPSA) is 26.0 Å². The molecular weight excluding hydrogens is 179 g/mol. The van der Waals surface area contributed by atoms with Crippen molar-refractivity contribution in [3.05, 3.63) is 23.8 Å². The summed E-state index contributed by atoms with van der Waals surface area (Å²) in [5.41, 5.74) is 4.68. The number of halogens is 3. The summed E-state index contributed by atoms with van der Waals surface area (Å²) in [6.07, 6.45) is -0.141. The van der Waals surface area contributed by atoms with Gasteiger partial charge in [0.15, 0.2) is 0 Å². The molecule has 0 saturated heterocycles. The zero-order valence-corrected chi connectivity index (χ0v) is 7.73. The number of alkyl halides is 3. The van der Waals surface area contributed by atoms with Crippen LogP contribution in [0.4, 0.5) is 13.2 Å². The summed E-state index contributed by atoms with van der Waals surface area (Å²) < 4.78 is 35.8. The third-order valence-corrected chi connectivity index (χ3v) is 1.60. The second kappa shape index (κ2) is 5.07. The van der Waals surface area contributed by atoms with Crippen LogP contribution in [-0.2, 0) is 0 Å². The van der Waals surface area contributed by atoms with Crippen molar-refractivity contribution in [1.29, 1.82) is 0 Å². The van der Waals surface area contributed by atoms with E-state index in [4.69, 9.17) is 5.73 Å². The first-order chi connectivity index (χ1) is 5.88. The number of allylic oxidation sites excluding steroid dienone is 3. The molecule has 76 valence electrons. The van der Waals surface area contributed by atoms with Gasteiger partial charge >= 0.3 is 6.18 Å². The molecule has 1 unspecified atom stereocenters. The molecule has 0 aromatic carbocycles. The van der Waals surface area contributed by atoms with Gasteiger partial charge in [0.2, 0.25) is 0 Å². The van der Waals surface area contributed by atoms with Gasteiger partial charge in [-0.2, -0.15) is 13.2 Å². The summed E-state index contributed by atoms with van der Waals surface area (Å²) in [7, 11) is 0. The minimum atomic E-state index is -4.23. The monoisotopic (exact) mass is 193 g/mol. The first-order valence-corrected chi connectivity index (χ1v) is 4.00. The Morgan fingerprint density at radius 1 is 1.46 bits per heavy atom. The van der Waals surface area contributed by atoms with Gasteiger partial charge in [0, 0.05) is 5.57 Å². The van der Waals surface area contributed by atoms with E-state index in [1.807, 2.05) is 6.92 Å². The molecule has 0 aliphatic rings. The maximum absolute atomic E-state index is 11.9. The fourth-order valence-corrected chi connectivity index (χ4v) is 0.563. The zero-order chi connectivity index (χ0) is 10.5. The van der Waals surface area contributed by atoms with Gasteiger partial charge in [-0.1, -0.05) is 25.2 Å². The van der Waals surface area contributed by atoms with Crippen LogP contribution in [0.15, 0.2) is 23.8 Å². The van der Waals surface area contributed by atoms with E-state index in [2.05, 4.69) is 0 Å². The lowest BCUT2D eigenvalue weighted by Gasteiger charge is -2.04. The van der Waals surface area contributed by atoms with Gasteiger partial charge in [0.05, 0.1) is 0 Å². The zero-order valence-electron chi connectivity index (χ0n) is 7.73. The molecule has 2 N–H and O–H groups in total. The predicted molar refractivity (Wildman–Crippen MR) is 47.2 cm³/mol. The standard InChI is InChI=1S/C9H14F3N/c1-7(6-13)4-3-5-8(2)9(10,11)12/h3-5,7H,6,13H2,1-2H3/b4-3-,8-5+. The third kappa shape index (κ3) is 5.47. The highest BCUT2D eigenvalue weighted by Gasteiger charge is 2.29. The molecule has 0 fully saturated rings. The third-order valence-electron chi connectivity index (χ3n) is 1.60. The number of rotatable bonds is 3. The Kier molecular flexibility index (Phi) is 4.77. The van der Waals surface area contributed by atoms with Crippen LogP contribution < -0.4 is 5.73 Å². The summed E-state index contributed by atoms with van der Waals surface area (Å²) in [6, 6.07) is 0. The Bertz CT molecular complexity index is 203. The van der Waals surface area contributed by atoms with Crippen molar-refractivity contribution in [1.82, 2.24) is 0 Å². The van der Waals surface area contributed by atoms with E-state index in [-0.39, 0.29) is 5.92 Å². The van der Waals surface area contributed by atoms with Crippen molar-refractivity contribution >= 4 is 0 Å². The van der Waals surface area contributed by atoms with Crippen molar-refractivity contribution in [3.63, 3.8) is 0 Å². The summed E-state index contributed by atoms with van der Waals surface area (Å²) in [5, 5.41) is 0. The molecule has 0 aromatic rings. The minimum absolute atomic E-state index is 0.109. The van der Waals surface area contributed by atoms with Crippen molar-refractivity contribution in [3.8, 4) is 0 Å². The second-order valence-corrected chi connectivity index (χ2v) is 2.95. The van der Waals surface area contributed by atoms with Crippen LogP contribution in [0.25, 0.3) is 0 Å². The molecule has 0 saturated carbocycles. The fourth-order valence-electron chi connectivity index (χ4n) is 0.563. The molecular formula is C9H14F3N. The van der Waals surface area contributed by atoms with Gasteiger partial charge in [-0.3, -0.25) is 0 Å². The molecule has 1 nitrogen and oxygen atoms in total. The first-order valence-electron chi connectivity index (χ1n) is 4.00. The Balaban J connectivity index is 4.19. The lowest BCUT2D eigenvalue weighted by molar-refractivity contribution is -0.0912. The fraction of sp³-hybridized carbons (Fsp3) is 0.556. The van der Waals surface area contributed by atoms with E-state index in [0.717, 1.165) is 13.0 Å². The summed E-state index contributed by atoms with van der Waals surface area (Å²) in [4.78, 5) is 0. The molecule has 0 spiro atoms. The Labute approximate surface area is 76.1 Å². The van der Waals surface area contributed by atoms with E-state index >= 15 is 0 Å². The lowest BCUT2D eigenvalue weighted by Crippen LogP contribution is -2.09. The average molecular weight is 193 g/mol. The van der Waals surface area contributed by atoms with Crippen molar-refractivity contribution < 1.29 is 13.2 Å². The Morgan fingerprint density at radius 3 is 2.38 bits per heavy atom. The van der Waals surface area contributed by atoms with E-state index in [1.165, 1.54) is 6.08 Å². The predicted octanol–water partition coefficient (Wildman–Crippen LogP) is 2.65. The smallest absolute Gasteiger partial charge is 0.330 e. The van der Waals surface area contributed by atoms with Crippen LogP contribution in [0.2, 0.25) is 0 Å². The van der Waals surface area contributed by atoms with Gasteiger partial charge < -0.3 is 5.73 Å². The van der Waals surface area contributed by atoms with Crippen LogP contribution >= 0.6 is 0 Å². The molecule has 13 heavy (non-hydrogen) atoms. The summed E-state index contributed by atoms with van der Waals surface area (Å²) in [5.74, 6) is 0.109. The summed E-state index contributed by atoms with van der Waals surface area (Å²) in [6.45, 7) is 3.32. The highest BCUT2D eigenvalue weighted by atomic mass is 19.4. The number of nitrogens with two attached hydrogens (primary N) is 1. The molecule has 4 heteroatoms. The van der Waals surface area contributed by atoms with E-state index in [0.29, 0.717) is 6.54 Å². The van der Waals surface area contributed by atoms with Gasteiger partial charge in [-0.15, -0.1) is 0 Å². The van der Waals surface area contributed by atoms with Crippen LogP contribution in [-0.4, -0.2) is 12.7 Å². The van der Waals surface area contributed by atoms with Crippen LogP contribution in [0.1, 0.15) is 13.8 Å². The van der Waals surface area contributed by atoms with Gasteiger partial charge in [-0.25, -0.2) is 0 Å². The lowest BCUT2D eigenvalue weighted by atomic mass is 10.1. The molecule has 0 bridgehead atoms. The van der Waals surface area contributed by atoms with E-state index in [9.17, 15) is 13.2 Å². The van der Waals surface area contributed by atoms with Crippen LogP contribution in [0.5, 0.6) is 0 Å². The maximum Gasteiger partial charge on any atom is 0.412 e. The highest BCUT2D eigenvalue weighted by molar-refractivity contribution is 5.15. The van der Waals surface area contributed by atoms with E-state index < -0.39 is 11.7 Å². The molecule has 0 heterocycles. The molecule has 0 aliphatic carbocycles. The molecule has 0 radical (unpaired) electrons. The van der Waals surface area contributed by atoms with Gasteiger partial charge in [0.25, 0.3) is 0 Å². The summed E-state index contributed by atoms with van der Waals surface area (Å²) >= 11 is 0. The van der Waals surface area contributed by atoms with Gasteiger partial charge in [0.1, 0.15) is 0 Å². The Hall–Kier alpha value is -0.770. The van der Waals surface area contributed by atoms with Gasteiger partial charge in [-0.05, 0) is 19.4 Å². The van der Waals surface area contributed by atoms with E-state index in [1.54, 1.807) is 6.08 Å². The normalized spacial score (nSPS) is 16.6.